The Morgan fingerprint density at radius 3 is 2.33 bits per heavy atom. The molecule has 1 aliphatic heterocycles. The van der Waals surface area contributed by atoms with Crippen LogP contribution in [0.4, 0.5) is 0 Å². The molecule has 0 atom stereocenters. The third-order valence-corrected chi connectivity index (χ3v) is 6.32. The maximum absolute atomic E-state index is 6.22. The molecule has 0 amide bonds. The zero-order chi connectivity index (χ0) is 15.4. The highest BCUT2D eigenvalue weighted by Crippen LogP contribution is 2.37. The summed E-state index contributed by atoms with van der Waals surface area (Å²) in [5, 5.41) is 1.24. The van der Waals surface area contributed by atoms with Crippen molar-refractivity contribution >= 4 is 53.8 Å². The van der Waals surface area contributed by atoms with Gasteiger partial charge in [0.15, 0.2) is 0 Å². The largest absolute Gasteiger partial charge is 0.495 e. The van der Waals surface area contributed by atoms with Gasteiger partial charge in [0.1, 0.15) is 0 Å². The molecule has 0 bridgehead atoms. The normalized spacial score (nSPS) is 20.4. The number of hydrogen-bond acceptors (Lipinski definition) is 3. The fraction of sp³-hybridized carbons (Fsp3) is 0.467. The van der Waals surface area contributed by atoms with E-state index >= 15 is 0 Å². The van der Waals surface area contributed by atoms with Crippen LogP contribution in [0, 0.1) is 6.92 Å². The Morgan fingerprint density at radius 1 is 1.14 bits per heavy atom. The standard InChI is InChI=1S/C15H19BINO2S/c1-10-9-18(21-17)12-8-6-7-11(13(10)12)16-19-14(2,3)15(4,5)20-16/h6-9H,1-5H3. The minimum Gasteiger partial charge on any atom is -0.399 e. The van der Waals surface area contributed by atoms with Gasteiger partial charge in [-0.2, -0.15) is 0 Å². The Labute approximate surface area is 142 Å². The molecule has 0 spiro atoms. The molecular weight excluding hydrogens is 396 g/mol. The van der Waals surface area contributed by atoms with Crippen LogP contribution in [0.3, 0.4) is 0 Å². The molecule has 112 valence electrons. The van der Waals surface area contributed by atoms with Gasteiger partial charge in [0.2, 0.25) is 0 Å². The van der Waals surface area contributed by atoms with Crippen molar-refractivity contribution in [3.63, 3.8) is 0 Å². The van der Waals surface area contributed by atoms with Gasteiger partial charge in [-0.15, -0.1) is 0 Å². The van der Waals surface area contributed by atoms with E-state index in [2.05, 4.69) is 84.2 Å². The lowest BCUT2D eigenvalue weighted by Gasteiger charge is -2.32. The number of nitrogens with zero attached hydrogens (tertiary/aromatic N) is 1. The second-order valence-electron chi connectivity index (χ2n) is 6.54. The minimum atomic E-state index is -0.313. The maximum Gasteiger partial charge on any atom is 0.495 e. The first-order chi connectivity index (χ1) is 9.77. The predicted octanol–water partition coefficient (Wildman–Crippen LogP) is 4.10. The van der Waals surface area contributed by atoms with Gasteiger partial charge in [0, 0.05) is 41.9 Å². The number of halogens is 1. The summed E-state index contributed by atoms with van der Waals surface area (Å²) in [6.45, 7) is 10.5. The van der Waals surface area contributed by atoms with E-state index in [1.807, 2.05) is 0 Å². The van der Waals surface area contributed by atoms with Crippen LogP contribution in [0.15, 0.2) is 24.4 Å². The van der Waals surface area contributed by atoms with E-state index in [1.165, 1.54) is 16.5 Å². The maximum atomic E-state index is 6.22. The Bertz CT molecular complexity index is 682. The van der Waals surface area contributed by atoms with Gasteiger partial charge < -0.3 is 9.31 Å². The Hall–Kier alpha value is -0.175. The first-order valence-corrected chi connectivity index (χ1v) is 10.3. The molecule has 1 aromatic carbocycles. The van der Waals surface area contributed by atoms with Gasteiger partial charge in [0.05, 0.1) is 16.7 Å². The van der Waals surface area contributed by atoms with Gasteiger partial charge in [-0.05, 0) is 51.7 Å². The lowest BCUT2D eigenvalue weighted by molar-refractivity contribution is 0.00578. The molecule has 2 heterocycles. The van der Waals surface area contributed by atoms with Crippen molar-refractivity contribution < 1.29 is 9.31 Å². The zero-order valence-electron chi connectivity index (χ0n) is 12.9. The van der Waals surface area contributed by atoms with E-state index in [-0.39, 0.29) is 18.3 Å². The Morgan fingerprint density at radius 2 is 1.76 bits per heavy atom. The fourth-order valence-electron chi connectivity index (χ4n) is 2.70. The Balaban J connectivity index is 2.13. The van der Waals surface area contributed by atoms with Crippen LogP contribution in [0.2, 0.25) is 0 Å². The van der Waals surface area contributed by atoms with Crippen LogP contribution in [0.25, 0.3) is 10.9 Å². The second kappa shape index (κ2) is 5.18. The highest BCUT2D eigenvalue weighted by atomic mass is 127. The molecule has 1 aliphatic rings. The molecular formula is C15H19BINO2S. The van der Waals surface area contributed by atoms with Gasteiger partial charge in [-0.25, -0.2) is 0 Å². The van der Waals surface area contributed by atoms with Gasteiger partial charge >= 0.3 is 7.12 Å². The second-order valence-corrected chi connectivity index (χ2v) is 8.25. The van der Waals surface area contributed by atoms with Crippen LogP contribution < -0.4 is 5.46 Å². The monoisotopic (exact) mass is 415 g/mol. The van der Waals surface area contributed by atoms with E-state index < -0.39 is 0 Å². The highest BCUT2D eigenvalue weighted by molar-refractivity contribution is 14.2. The zero-order valence-corrected chi connectivity index (χ0v) is 15.9. The molecule has 0 saturated carbocycles. The molecule has 21 heavy (non-hydrogen) atoms. The molecule has 0 N–H and O–H groups in total. The van der Waals surface area contributed by atoms with Crippen LogP contribution >= 0.6 is 30.3 Å². The van der Waals surface area contributed by atoms with E-state index in [4.69, 9.17) is 9.31 Å². The molecule has 3 rings (SSSR count). The van der Waals surface area contributed by atoms with Crippen molar-refractivity contribution in [1.29, 1.82) is 0 Å². The number of aryl methyl sites for hydroxylation is 1. The van der Waals surface area contributed by atoms with Crippen molar-refractivity contribution in [2.75, 3.05) is 0 Å². The van der Waals surface area contributed by atoms with Gasteiger partial charge in [-0.1, -0.05) is 12.1 Å². The van der Waals surface area contributed by atoms with E-state index in [1.54, 1.807) is 9.12 Å². The first kappa shape index (κ1) is 15.7. The molecule has 0 radical (unpaired) electrons. The summed E-state index contributed by atoms with van der Waals surface area (Å²) in [6.07, 6.45) is 2.16. The van der Waals surface area contributed by atoms with Crippen molar-refractivity contribution in [3.8, 4) is 0 Å². The van der Waals surface area contributed by atoms with Gasteiger partial charge in [0.25, 0.3) is 0 Å². The Kier molecular flexibility index (Phi) is 3.88. The number of rotatable bonds is 2. The van der Waals surface area contributed by atoms with E-state index in [0.29, 0.717) is 0 Å². The quantitative estimate of drug-likeness (QED) is 0.546. The lowest BCUT2D eigenvalue weighted by Crippen LogP contribution is -2.41. The molecule has 0 aliphatic carbocycles. The summed E-state index contributed by atoms with van der Waals surface area (Å²) in [4.78, 5) is 0. The smallest absolute Gasteiger partial charge is 0.399 e. The lowest BCUT2D eigenvalue weighted by atomic mass is 9.76. The van der Waals surface area contributed by atoms with Gasteiger partial charge in [-0.3, -0.25) is 3.97 Å². The van der Waals surface area contributed by atoms with Crippen LogP contribution in [-0.4, -0.2) is 22.3 Å². The number of hydrogen-bond donors (Lipinski definition) is 0. The predicted molar refractivity (Wildman–Crippen MR) is 99.4 cm³/mol. The van der Waals surface area contributed by atoms with Crippen molar-refractivity contribution in [1.82, 2.24) is 3.97 Å². The highest BCUT2D eigenvalue weighted by Gasteiger charge is 2.52. The third kappa shape index (κ3) is 2.44. The molecule has 2 aromatic rings. The minimum absolute atomic E-state index is 0.311. The topological polar surface area (TPSA) is 23.4 Å². The van der Waals surface area contributed by atoms with Crippen LogP contribution in [-0.2, 0) is 9.31 Å². The number of fused-ring (bicyclic) bond motifs is 1. The van der Waals surface area contributed by atoms with Crippen LogP contribution in [0.1, 0.15) is 33.3 Å². The molecule has 0 unspecified atom stereocenters. The SMILES string of the molecule is Cc1cn(SI)c2cccc(B3OC(C)(C)C(C)(C)O3)c12. The fourth-order valence-corrected chi connectivity index (χ4v) is 4.11. The molecule has 1 saturated heterocycles. The first-order valence-electron chi connectivity index (χ1n) is 7.02. The molecule has 3 nitrogen and oxygen atoms in total. The third-order valence-electron chi connectivity index (χ3n) is 4.60. The summed E-state index contributed by atoms with van der Waals surface area (Å²) in [5.74, 6) is 0. The van der Waals surface area contributed by atoms with Crippen molar-refractivity contribution in [2.45, 2.75) is 45.8 Å². The summed E-state index contributed by atoms with van der Waals surface area (Å²) < 4.78 is 14.6. The number of benzene rings is 1. The average Bonchev–Trinajstić information content (AvgIpc) is 2.84. The summed E-state index contributed by atoms with van der Waals surface area (Å²) in [5.41, 5.74) is 2.95. The molecule has 1 fully saturated rings. The van der Waals surface area contributed by atoms with E-state index in [0.717, 1.165) is 5.46 Å². The number of aromatic nitrogens is 1. The summed E-state index contributed by atoms with van der Waals surface area (Å²) in [6, 6.07) is 6.33. The van der Waals surface area contributed by atoms with Crippen molar-refractivity contribution in [3.05, 3.63) is 30.0 Å². The molecule has 6 heteroatoms. The average molecular weight is 415 g/mol. The summed E-state index contributed by atoms with van der Waals surface area (Å²) in [7, 11) is 1.36. The van der Waals surface area contributed by atoms with Crippen LogP contribution in [0.5, 0.6) is 0 Å². The van der Waals surface area contributed by atoms with E-state index in [9.17, 15) is 0 Å². The summed E-state index contributed by atoms with van der Waals surface area (Å²) >= 11 is 2.30. The molecule has 1 aromatic heterocycles. The van der Waals surface area contributed by atoms with Crippen molar-refractivity contribution in [2.24, 2.45) is 0 Å².